The predicted molar refractivity (Wildman–Crippen MR) is 159 cm³/mol. The molecule has 3 aromatic rings. The van der Waals surface area contributed by atoms with E-state index in [1.54, 1.807) is 18.2 Å². The van der Waals surface area contributed by atoms with Crippen molar-refractivity contribution in [3.63, 3.8) is 0 Å². The van der Waals surface area contributed by atoms with E-state index in [1.807, 2.05) is 61.6 Å². The summed E-state index contributed by atoms with van der Waals surface area (Å²) in [6, 6.07) is 26.7. The van der Waals surface area contributed by atoms with Crippen molar-refractivity contribution in [2.75, 3.05) is 26.0 Å². The van der Waals surface area contributed by atoms with E-state index in [0.717, 1.165) is 18.5 Å². The third-order valence-corrected chi connectivity index (χ3v) is 9.50. The Morgan fingerprint density at radius 1 is 1.00 bits per heavy atom. The number of allylic oxidation sites excluding steroid dienone is 2. The molecule has 208 valence electrons. The Morgan fingerprint density at radius 3 is 2.45 bits per heavy atom. The highest BCUT2D eigenvalue weighted by Crippen LogP contribution is 2.46. The molecule has 0 saturated carbocycles. The van der Waals surface area contributed by atoms with Crippen LogP contribution < -0.4 is 5.32 Å². The Bertz CT molecular complexity index is 1540. The highest BCUT2D eigenvalue weighted by atomic mass is 35.5. The standard InChI is InChI=1S/C32H33ClN2O4S/c1-35(22-23-11-4-2-5-12-23)18-19-39-32(36)29-28(25-15-10-16-26(33)21-25)31-27(17-8-9-20-40(31,37)38)34-30(29)24-13-6-3-7-14-24/h2-7,10-16,21,28,34H,8-9,17-20,22H2,1H3. The van der Waals surface area contributed by atoms with Gasteiger partial charge in [-0.2, -0.15) is 0 Å². The van der Waals surface area contributed by atoms with Crippen molar-refractivity contribution < 1.29 is 17.9 Å². The maximum Gasteiger partial charge on any atom is 0.337 e. The summed E-state index contributed by atoms with van der Waals surface area (Å²) in [6.45, 7) is 1.41. The van der Waals surface area contributed by atoms with Gasteiger partial charge in [-0.1, -0.05) is 84.4 Å². The summed E-state index contributed by atoms with van der Waals surface area (Å²) >= 11 is 6.39. The van der Waals surface area contributed by atoms with Crippen LogP contribution in [0.15, 0.2) is 101 Å². The number of hydrogen-bond donors (Lipinski definition) is 1. The van der Waals surface area contributed by atoms with E-state index in [4.69, 9.17) is 16.3 Å². The van der Waals surface area contributed by atoms with Crippen molar-refractivity contribution in [2.45, 2.75) is 31.7 Å². The van der Waals surface area contributed by atoms with E-state index in [9.17, 15) is 13.2 Å². The minimum Gasteiger partial charge on any atom is -0.461 e. The molecule has 40 heavy (non-hydrogen) atoms. The van der Waals surface area contributed by atoms with Crippen molar-refractivity contribution in [1.82, 2.24) is 10.2 Å². The number of nitrogens with zero attached hydrogens (tertiary/aromatic N) is 1. The second-order valence-corrected chi connectivity index (χ2v) is 12.8. The van der Waals surface area contributed by atoms with E-state index < -0.39 is 21.7 Å². The quantitative estimate of drug-likeness (QED) is 0.335. The largest absolute Gasteiger partial charge is 0.461 e. The molecule has 0 saturated heterocycles. The first-order valence-electron chi connectivity index (χ1n) is 13.5. The van der Waals surface area contributed by atoms with Gasteiger partial charge in [0.25, 0.3) is 0 Å². The van der Waals surface area contributed by atoms with Crippen LogP contribution in [0.2, 0.25) is 5.02 Å². The second-order valence-electron chi connectivity index (χ2n) is 10.2. The van der Waals surface area contributed by atoms with Crippen molar-refractivity contribution in [3.8, 4) is 0 Å². The summed E-state index contributed by atoms with van der Waals surface area (Å²) in [4.78, 5) is 16.3. The van der Waals surface area contributed by atoms with E-state index >= 15 is 0 Å². The van der Waals surface area contributed by atoms with Crippen LogP contribution in [0.3, 0.4) is 0 Å². The van der Waals surface area contributed by atoms with Crippen LogP contribution in [0, 0.1) is 0 Å². The number of dihydropyridines is 1. The molecular formula is C32H33ClN2O4S. The lowest BCUT2D eigenvalue weighted by molar-refractivity contribution is -0.139. The molecule has 5 rings (SSSR count). The number of carbonyl (C=O) groups is 1. The van der Waals surface area contributed by atoms with E-state index in [-0.39, 0.29) is 22.8 Å². The van der Waals surface area contributed by atoms with Gasteiger partial charge in [-0.25, -0.2) is 13.2 Å². The SMILES string of the molecule is CN(CCOC(=O)C1=C(c2ccccc2)NC2=C(C1c1cccc(Cl)c1)S(=O)(=O)CCCC2)Cc1ccccc1. The minimum absolute atomic E-state index is 0.0395. The molecule has 3 aromatic carbocycles. The molecule has 1 N–H and O–H groups in total. The van der Waals surface area contributed by atoms with E-state index in [0.29, 0.717) is 41.4 Å². The van der Waals surface area contributed by atoms with Crippen molar-refractivity contribution in [1.29, 1.82) is 0 Å². The van der Waals surface area contributed by atoms with Gasteiger partial charge in [0, 0.05) is 23.8 Å². The third kappa shape index (κ3) is 6.33. The molecule has 8 heteroatoms. The number of benzene rings is 3. The number of rotatable bonds is 8. The van der Waals surface area contributed by atoms with Gasteiger partial charge in [0.15, 0.2) is 9.84 Å². The number of sulfone groups is 1. The maximum absolute atomic E-state index is 14.0. The molecule has 0 spiro atoms. The number of likely N-dealkylation sites (N-methyl/N-ethyl adjacent to an activating group) is 1. The van der Waals surface area contributed by atoms with Crippen LogP contribution in [0.25, 0.3) is 5.70 Å². The molecule has 0 amide bonds. The average Bonchev–Trinajstić information content (AvgIpc) is 3.10. The zero-order valence-corrected chi connectivity index (χ0v) is 24.0. The number of esters is 1. The van der Waals surface area contributed by atoms with Crippen LogP contribution >= 0.6 is 11.6 Å². The Labute approximate surface area is 241 Å². The fourth-order valence-electron chi connectivity index (χ4n) is 5.39. The van der Waals surface area contributed by atoms with E-state index in [2.05, 4.69) is 22.3 Å². The van der Waals surface area contributed by atoms with Gasteiger partial charge >= 0.3 is 5.97 Å². The van der Waals surface area contributed by atoms with Crippen molar-refractivity contribution >= 4 is 33.1 Å². The van der Waals surface area contributed by atoms with Crippen LogP contribution in [0.5, 0.6) is 0 Å². The molecule has 1 unspecified atom stereocenters. The molecule has 0 fully saturated rings. The summed E-state index contributed by atoms with van der Waals surface area (Å²) in [5.74, 6) is -1.34. The molecule has 6 nitrogen and oxygen atoms in total. The van der Waals surface area contributed by atoms with Gasteiger partial charge in [0.1, 0.15) is 6.61 Å². The van der Waals surface area contributed by atoms with Crippen molar-refractivity contribution in [2.24, 2.45) is 0 Å². The lowest BCUT2D eigenvalue weighted by Gasteiger charge is -2.33. The number of hydrogen-bond acceptors (Lipinski definition) is 6. The van der Waals surface area contributed by atoms with Gasteiger partial charge in [0.05, 0.1) is 27.8 Å². The first-order valence-corrected chi connectivity index (χ1v) is 15.5. The Hall–Kier alpha value is -3.39. The average molecular weight is 577 g/mol. The number of ether oxygens (including phenoxy) is 1. The Kier molecular flexibility index (Phi) is 8.74. The molecule has 0 radical (unpaired) electrons. The number of halogens is 1. The minimum atomic E-state index is -3.65. The summed E-state index contributed by atoms with van der Waals surface area (Å²) in [7, 11) is -1.67. The van der Waals surface area contributed by atoms with Gasteiger partial charge in [-0.05, 0) is 55.1 Å². The molecule has 1 atom stereocenters. The molecule has 2 heterocycles. The molecule has 2 aliphatic heterocycles. The Morgan fingerprint density at radius 2 is 1.73 bits per heavy atom. The van der Waals surface area contributed by atoms with Crippen LogP contribution in [-0.4, -0.2) is 45.2 Å². The highest BCUT2D eigenvalue weighted by Gasteiger charge is 2.42. The summed E-state index contributed by atoms with van der Waals surface area (Å²) in [6.07, 6.45) is 1.88. The fraction of sp³-hybridized carbons (Fsp3) is 0.281. The van der Waals surface area contributed by atoms with Crippen molar-refractivity contribution in [3.05, 3.63) is 123 Å². The Balaban J connectivity index is 1.53. The summed E-state index contributed by atoms with van der Waals surface area (Å²) < 4.78 is 33.2. The monoisotopic (exact) mass is 576 g/mol. The van der Waals surface area contributed by atoms with Gasteiger partial charge in [-0.15, -0.1) is 0 Å². The zero-order valence-electron chi connectivity index (χ0n) is 22.5. The molecule has 0 bridgehead atoms. The normalized spacial score (nSPS) is 18.6. The van der Waals surface area contributed by atoms with Gasteiger partial charge in [-0.3, -0.25) is 4.90 Å². The topological polar surface area (TPSA) is 75.7 Å². The number of nitrogens with one attached hydrogen (secondary N) is 1. The summed E-state index contributed by atoms with van der Waals surface area (Å²) in [5, 5.41) is 3.85. The van der Waals surface area contributed by atoms with Crippen LogP contribution in [-0.2, 0) is 25.9 Å². The van der Waals surface area contributed by atoms with E-state index in [1.165, 1.54) is 5.56 Å². The lowest BCUT2D eigenvalue weighted by Crippen LogP contribution is -2.33. The van der Waals surface area contributed by atoms with Crippen LogP contribution in [0.1, 0.15) is 41.9 Å². The first-order chi connectivity index (χ1) is 19.3. The molecule has 2 aliphatic rings. The second kappa shape index (κ2) is 12.4. The summed E-state index contributed by atoms with van der Waals surface area (Å²) in [5.41, 5.74) is 4.10. The maximum atomic E-state index is 14.0. The molecule has 0 aliphatic carbocycles. The predicted octanol–water partition coefficient (Wildman–Crippen LogP) is 5.92. The zero-order chi connectivity index (χ0) is 28.1. The van der Waals surface area contributed by atoms with Gasteiger partial charge < -0.3 is 10.1 Å². The number of carbonyl (C=O) groups excluding carboxylic acids is 1. The molecule has 0 aromatic heterocycles. The third-order valence-electron chi connectivity index (χ3n) is 7.28. The first kappa shape index (κ1) is 28.1. The van der Waals surface area contributed by atoms with Crippen LogP contribution in [0.4, 0.5) is 0 Å². The van der Waals surface area contributed by atoms with Gasteiger partial charge in [0.2, 0.25) is 0 Å². The molecular weight excluding hydrogens is 544 g/mol. The fourth-order valence-corrected chi connectivity index (χ4v) is 7.53. The highest BCUT2D eigenvalue weighted by molar-refractivity contribution is 7.95. The smallest absolute Gasteiger partial charge is 0.337 e. The lowest BCUT2D eigenvalue weighted by atomic mass is 9.84.